The SMILES string of the molecule is O=C1CCC(N2Cc3cc(C4CCN(Cc5ccc(CO)cc5)CC4)c(F)cc3C2=O)C(=O)N1. The number of aliphatic hydroxyl groups is 1. The third kappa shape index (κ3) is 4.35. The molecule has 34 heavy (non-hydrogen) atoms. The van der Waals surface area contributed by atoms with Crippen LogP contribution in [-0.2, 0) is 29.3 Å². The summed E-state index contributed by atoms with van der Waals surface area (Å²) < 4.78 is 15.1. The maximum absolute atomic E-state index is 15.1. The van der Waals surface area contributed by atoms with Crippen molar-refractivity contribution in [2.45, 2.75) is 57.3 Å². The Morgan fingerprint density at radius 2 is 1.71 bits per heavy atom. The number of rotatable bonds is 5. The monoisotopic (exact) mass is 465 g/mol. The van der Waals surface area contributed by atoms with Crippen molar-refractivity contribution in [3.8, 4) is 0 Å². The van der Waals surface area contributed by atoms with Crippen molar-refractivity contribution in [3.63, 3.8) is 0 Å². The van der Waals surface area contributed by atoms with Gasteiger partial charge >= 0.3 is 0 Å². The minimum absolute atomic E-state index is 0.0366. The molecule has 7 nitrogen and oxygen atoms in total. The van der Waals surface area contributed by atoms with E-state index in [0.29, 0.717) is 17.5 Å². The highest BCUT2D eigenvalue weighted by molar-refractivity contribution is 6.05. The predicted octanol–water partition coefficient (Wildman–Crippen LogP) is 2.46. The fraction of sp³-hybridized carbons (Fsp3) is 0.423. The van der Waals surface area contributed by atoms with Crippen LogP contribution in [0.15, 0.2) is 36.4 Å². The van der Waals surface area contributed by atoms with Crippen LogP contribution in [0.5, 0.6) is 0 Å². The largest absolute Gasteiger partial charge is 0.392 e. The number of nitrogens with one attached hydrogen (secondary N) is 1. The fourth-order valence-electron chi connectivity index (χ4n) is 5.33. The first-order valence-corrected chi connectivity index (χ1v) is 11.8. The predicted molar refractivity (Wildman–Crippen MR) is 122 cm³/mol. The van der Waals surface area contributed by atoms with Gasteiger partial charge in [0, 0.05) is 25.1 Å². The molecule has 3 amide bonds. The molecule has 0 saturated carbocycles. The van der Waals surface area contributed by atoms with Crippen LogP contribution in [0.2, 0.25) is 0 Å². The maximum atomic E-state index is 15.1. The van der Waals surface area contributed by atoms with Crippen LogP contribution in [0, 0.1) is 5.82 Å². The summed E-state index contributed by atoms with van der Waals surface area (Å²) in [6.07, 6.45) is 2.14. The van der Waals surface area contributed by atoms with E-state index in [2.05, 4.69) is 10.2 Å². The summed E-state index contributed by atoms with van der Waals surface area (Å²) in [5.41, 5.74) is 3.78. The molecule has 2 saturated heterocycles. The molecule has 3 aliphatic heterocycles. The number of piperidine rings is 2. The Bertz CT molecular complexity index is 1130. The van der Waals surface area contributed by atoms with Crippen molar-refractivity contribution in [1.29, 1.82) is 0 Å². The van der Waals surface area contributed by atoms with E-state index in [0.717, 1.165) is 43.6 Å². The van der Waals surface area contributed by atoms with E-state index in [-0.39, 0.29) is 43.1 Å². The molecule has 8 heteroatoms. The Morgan fingerprint density at radius 1 is 1.00 bits per heavy atom. The van der Waals surface area contributed by atoms with Crippen molar-refractivity contribution in [2.75, 3.05) is 13.1 Å². The zero-order valence-corrected chi connectivity index (χ0v) is 18.9. The Kier molecular flexibility index (Phi) is 6.18. The van der Waals surface area contributed by atoms with Gasteiger partial charge in [0.15, 0.2) is 0 Å². The van der Waals surface area contributed by atoms with E-state index < -0.39 is 11.9 Å². The van der Waals surface area contributed by atoms with Gasteiger partial charge in [-0.15, -0.1) is 0 Å². The zero-order chi connectivity index (χ0) is 23.8. The number of benzene rings is 2. The number of hydrogen-bond acceptors (Lipinski definition) is 5. The van der Waals surface area contributed by atoms with Gasteiger partial charge in [-0.2, -0.15) is 0 Å². The molecule has 0 spiro atoms. The van der Waals surface area contributed by atoms with Crippen LogP contribution in [0.4, 0.5) is 4.39 Å². The van der Waals surface area contributed by atoms with Crippen LogP contribution < -0.4 is 5.32 Å². The van der Waals surface area contributed by atoms with Gasteiger partial charge in [0.05, 0.1) is 6.61 Å². The summed E-state index contributed by atoms with van der Waals surface area (Å²) in [4.78, 5) is 40.4. The molecule has 2 aromatic rings. The number of carbonyl (C=O) groups excluding carboxylic acids is 3. The van der Waals surface area contributed by atoms with Gasteiger partial charge in [-0.25, -0.2) is 4.39 Å². The summed E-state index contributed by atoms with van der Waals surface area (Å²) in [6.45, 7) is 2.82. The highest BCUT2D eigenvalue weighted by atomic mass is 19.1. The van der Waals surface area contributed by atoms with Crippen molar-refractivity contribution in [3.05, 3.63) is 70.0 Å². The molecule has 0 bridgehead atoms. The van der Waals surface area contributed by atoms with Crippen LogP contribution in [0.25, 0.3) is 0 Å². The number of nitrogens with zero attached hydrogens (tertiary/aromatic N) is 2. The second kappa shape index (κ2) is 9.27. The summed E-state index contributed by atoms with van der Waals surface area (Å²) >= 11 is 0. The summed E-state index contributed by atoms with van der Waals surface area (Å²) in [5, 5.41) is 11.5. The molecule has 178 valence electrons. The van der Waals surface area contributed by atoms with E-state index in [1.165, 1.54) is 16.5 Å². The molecule has 1 atom stereocenters. The van der Waals surface area contributed by atoms with Crippen molar-refractivity contribution in [1.82, 2.24) is 15.1 Å². The molecule has 3 heterocycles. The average molecular weight is 466 g/mol. The van der Waals surface area contributed by atoms with Crippen LogP contribution >= 0.6 is 0 Å². The van der Waals surface area contributed by atoms with E-state index in [1.807, 2.05) is 30.3 Å². The number of imide groups is 1. The van der Waals surface area contributed by atoms with Gasteiger partial charge in [-0.05, 0) is 66.6 Å². The molecule has 0 radical (unpaired) electrons. The van der Waals surface area contributed by atoms with Gasteiger partial charge in [0.1, 0.15) is 11.9 Å². The molecule has 2 aromatic carbocycles. The topological polar surface area (TPSA) is 90.0 Å². The van der Waals surface area contributed by atoms with E-state index in [9.17, 15) is 19.5 Å². The van der Waals surface area contributed by atoms with E-state index >= 15 is 4.39 Å². The lowest BCUT2D eigenvalue weighted by molar-refractivity contribution is -0.136. The highest BCUT2D eigenvalue weighted by Crippen LogP contribution is 2.35. The summed E-state index contributed by atoms with van der Waals surface area (Å²) in [7, 11) is 0. The van der Waals surface area contributed by atoms with Crippen molar-refractivity contribution < 1.29 is 23.9 Å². The molecular formula is C26H28FN3O4. The quantitative estimate of drug-likeness (QED) is 0.663. The number of hydrogen-bond donors (Lipinski definition) is 2. The van der Waals surface area contributed by atoms with Crippen LogP contribution in [0.1, 0.15) is 64.2 Å². The zero-order valence-electron chi connectivity index (χ0n) is 18.9. The Balaban J connectivity index is 1.25. The van der Waals surface area contributed by atoms with Crippen molar-refractivity contribution >= 4 is 17.7 Å². The normalized spacial score (nSPS) is 21.6. The molecule has 2 N–H and O–H groups in total. The van der Waals surface area contributed by atoms with Crippen LogP contribution in [-0.4, -0.2) is 51.8 Å². The standard InChI is InChI=1S/C26H28FN3O4/c27-22-12-21-19(14-30(26(21)34)23-5-6-24(32)28-25(23)33)11-20(22)18-7-9-29(10-8-18)13-16-1-3-17(15-31)4-2-16/h1-4,11-12,18,23,31H,5-10,13-15H2,(H,28,32,33). The maximum Gasteiger partial charge on any atom is 0.255 e. The first-order valence-electron chi connectivity index (χ1n) is 11.8. The number of halogens is 1. The third-order valence-corrected chi connectivity index (χ3v) is 7.28. The van der Waals surface area contributed by atoms with E-state index in [4.69, 9.17) is 0 Å². The lowest BCUT2D eigenvalue weighted by Gasteiger charge is -2.32. The second-order valence-corrected chi connectivity index (χ2v) is 9.46. The lowest BCUT2D eigenvalue weighted by Crippen LogP contribution is -2.52. The van der Waals surface area contributed by atoms with E-state index in [1.54, 1.807) is 0 Å². The number of aliphatic hydroxyl groups excluding tert-OH is 1. The average Bonchev–Trinajstić information content (AvgIpc) is 3.15. The van der Waals surface area contributed by atoms with Gasteiger partial charge < -0.3 is 10.0 Å². The first kappa shape index (κ1) is 22.7. The third-order valence-electron chi connectivity index (χ3n) is 7.28. The molecular weight excluding hydrogens is 437 g/mol. The minimum atomic E-state index is -0.696. The summed E-state index contributed by atoms with van der Waals surface area (Å²) in [6, 6.07) is 10.4. The number of carbonyl (C=O) groups is 3. The van der Waals surface area contributed by atoms with Gasteiger partial charge in [-0.1, -0.05) is 30.3 Å². The Labute approximate surface area is 197 Å². The number of likely N-dealkylation sites (tertiary alicyclic amines) is 1. The summed E-state index contributed by atoms with van der Waals surface area (Å²) in [5.74, 6) is -1.42. The first-order chi connectivity index (χ1) is 16.4. The Hall–Kier alpha value is -3.10. The highest BCUT2D eigenvalue weighted by Gasteiger charge is 2.40. The van der Waals surface area contributed by atoms with Gasteiger partial charge in [0.2, 0.25) is 11.8 Å². The molecule has 1 unspecified atom stereocenters. The second-order valence-electron chi connectivity index (χ2n) is 9.46. The molecule has 3 aliphatic rings. The Morgan fingerprint density at radius 3 is 2.38 bits per heavy atom. The molecule has 5 rings (SSSR count). The lowest BCUT2D eigenvalue weighted by atomic mass is 9.87. The molecule has 2 fully saturated rings. The number of fused-ring (bicyclic) bond motifs is 1. The van der Waals surface area contributed by atoms with Gasteiger partial charge in [0.25, 0.3) is 5.91 Å². The fourth-order valence-corrected chi connectivity index (χ4v) is 5.33. The van der Waals surface area contributed by atoms with Crippen LogP contribution in [0.3, 0.4) is 0 Å². The smallest absolute Gasteiger partial charge is 0.255 e. The minimum Gasteiger partial charge on any atom is -0.392 e. The number of amides is 3. The molecule has 0 aromatic heterocycles. The molecule has 0 aliphatic carbocycles. The van der Waals surface area contributed by atoms with Gasteiger partial charge in [-0.3, -0.25) is 24.6 Å². The van der Waals surface area contributed by atoms with Crippen molar-refractivity contribution in [2.24, 2.45) is 0 Å².